The monoisotopic (exact) mass is 917 g/mol. The van der Waals surface area contributed by atoms with E-state index in [1.165, 1.54) is 154 Å². The van der Waals surface area contributed by atoms with Gasteiger partial charge in [0.1, 0.15) is 0 Å². The van der Waals surface area contributed by atoms with Crippen molar-refractivity contribution in [2.45, 2.75) is 369 Å². The highest BCUT2D eigenvalue weighted by molar-refractivity contribution is 4.82. The summed E-state index contributed by atoms with van der Waals surface area (Å²) in [7, 11) is 0. The van der Waals surface area contributed by atoms with E-state index in [9.17, 15) is 0 Å². The van der Waals surface area contributed by atoms with Crippen LogP contribution in [0, 0.1) is 52.3 Å². The molecule has 0 heteroatoms. The van der Waals surface area contributed by atoms with Crippen molar-refractivity contribution in [3.05, 3.63) is 0 Å². The molecule has 0 nitrogen and oxygen atoms in total. The maximum absolute atomic E-state index is 2.31. The average Bonchev–Trinajstić information content (AvgIpc) is 3.99. The van der Waals surface area contributed by atoms with Crippen LogP contribution in [0.15, 0.2) is 0 Å². The van der Waals surface area contributed by atoms with Crippen LogP contribution >= 0.6 is 0 Å². The molecule has 0 aliphatic heterocycles. The van der Waals surface area contributed by atoms with Crippen LogP contribution in [0.2, 0.25) is 0 Å². The van der Waals surface area contributed by atoms with Crippen molar-refractivity contribution >= 4 is 0 Å². The Balaban J connectivity index is -0.0000000614. The summed E-state index contributed by atoms with van der Waals surface area (Å²) in [6, 6.07) is 0. The van der Waals surface area contributed by atoms with E-state index < -0.39 is 0 Å². The van der Waals surface area contributed by atoms with Crippen LogP contribution in [0.25, 0.3) is 0 Å². The molecule has 5 aliphatic carbocycles. The van der Waals surface area contributed by atoms with Gasteiger partial charge in [-0.25, -0.2) is 0 Å². The topological polar surface area (TPSA) is 0 Å². The molecule has 0 amide bonds. The molecule has 64 heavy (non-hydrogen) atoms. The molecule has 0 aromatic carbocycles. The fraction of sp³-hybridized carbons (Fsp3) is 1.00. The van der Waals surface area contributed by atoms with Crippen molar-refractivity contribution in [2.24, 2.45) is 52.3 Å². The van der Waals surface area contributed by atoms with Crippen LogP contribution in [0.1, 0.15) is 369 Å². The molecule has 5 aliphatic rings. The second kappa shape index (κ2) is 74.5. The highest BCUT2D eigenvalue weighted by Crippen LogP contribution is 2.43. The third kappa shape index (κ3) is 225. The van der Waals surface area contributed by atoms with Gasteiger partial charge in [-0.3, -0.25) is 0 Å². The summed E-state index contributed by atoms with van der Waals surface area (Å²) in [4.78, 5) is 0. The maximum Gasteiger partial charge on any atom is -0.0354 e. The zero-order valence-electron chi connectivity index (χ0n) is 53.0. The van der Waals surface area contributed by atoms with Crippen molar-refractivity contribution in [1.82, 2.24) is 0 Å². The molecular weight excluding hydrogens is 769 g/mol. The minimum Gasteiger partial charge on any atom is -0.0683 e. The fourth-order valence-corrected chi connectivity index (χ4v) is 2.58. The van der Waals surface area contributed by atoms with Crippen LogP contribution < -0.4 is 0 Å². The quantitative estimate of drug-likeness (QED) is 0.202. The Bertz CT molecular complexity index is 576. The number of hydrogen-bond donors (Lipinski definition) is 0. The molecule has 404 valence electrons. The van der Waals surface area contributed by atoms with Crippen molar-refractivity contribution in [3.63, 3.8) is 0 Å². The van der Waals surface area contributed by atoms with E-state index in [0.717, 1.165) is 46.8 Å². The Labute approximate surface area is 419 Å². The van der Waals surface area contributed by atoms with E-state index in [1.807, 2.05) is 27.7 Å². The van der Waals surface area contributed by atoms with Crippen LogP contribution in [0.4, 0.5) is 0 Å². The summed E-state index contributed by atoms with van der Waals surface area (Å²) in [6.45, 7) is 67.8. The SMILES string of the molecule is CC.CC.CC(C)(C)C.CC(C)C.CC1(C)CC1.CC1CC1.CC1CC1.CC1CCC1.CCC.CCC(C)C.CCC(C)C.CCC1CC1.CCCC.CCCCC.CCCCCC. The Morgan fingerprint density at radius 3 is 0.625 bits per heavy atom. The molecule has 0 aromatic heterocycles. The molecule has 0 N–H and O–H groups in total. The first-order valence-corrected chi connectivity index (χ1v) is 29.7. The average molecular weight is 918 g/mol. The van der Waals surface area contributed by atoms with Gasteiger partial charge in [0.15, 0.2) is 0 Å². The summed E-state index contributed by atoms with van der Waals surface area (Å²) in [5, 5.41) is 0. The molecule has 5 fully saturated rings. The van der Waals surface area contributed by atoms with Crippen LogP contribution in [-0.2, 0) is 0 Å². The first-order chi connectivity index (χ1) is 29.7. The standard InChI is InChI=1S/C6H14.3C5H10.4C5H12.2C4H8.2C4H10.C3H8.2C2H6/c1-3-5-6-4-2;1-5(2)3-4-5;1-5-3-2-4-5;1-2-5-3-4-5;1-5(2,3)4;2*1-4-5(2)3;1-3-5-4-2;2*1-4-2-3-4;1-4(2)3;1-3-4-2;1-3-2;2*1-2/h3-6H2,1-2H3;3-4H2,1-2H3;2*5H,2-4H2,1H3;1-4H3;2*5H,4H2,1-3H3;3-5H2,1-2H3;2*4H,2-3H2,1H3;4H,1-3H3;3-4H2,1-2H3;3H2,1-2H3;2*1-2H3. The van der Waals surface area contributed by atoms with Gasteiger partial charge in [0.2, 0.25) is 0 Å². The molecule has 0 spiro atoms. The molecule has 0 atom stereocenters. The lowest BCUT2D eigenvalue weighted by atomic mass is 9.88. The van der Waals surface area contributed by atoms with E-state index >= 15 is 0 Å². The predicted octanol–water partition coefficient (Wildman–Crippen LogP) is 26.1. The van der Waals surface area contributed by atoms with Gasteiger partial charge < -0.3 is 0 Å². The molecule has 5 saturated carbocycles. The summed E-state index contributed by atoms with van der Waals surface area (Å²) < 4.78 is 0. The van der Waals surface area contributed by atoms with Gasteiger partial charge in [-0.1, -0.05) is 356 Å². The lowest BCUT2D eigenvalue weighted by molar-refractivity contribution is 0.346. The third-order valence-corrected chi connectivity index (χ3v) is 9.45. The molecule has 0 heterocycles. The lowest BCUT2D eigenvalue weighted by Crippen LogP contribution is -2.04. The highest BCUT2D eigenvalue weighted by Gasteiger charge is 2.30. The second-order valence-electron chi connectivity index (χ2n) is 23.0. The van der Waals surface area contributed by atoms with Gasteiger partial charge >= 0.3 is 0 Å². The number of hydrogen-bond acceptors (Lipinski definition) is 0. The van der Waals surface area contributed by atoms with Gasteiger partial charge in [0, 0.05) is 0 Å². The summed E-state index contributed by atoms with van der Waals surface area (Å²) in [5.41, 5.74) is 1.25. The Morgan fingerprint density at radius 1 is 0.422 bits per heavy atom. The van der Waals surface area contributed by atoms with Crippen LogP contribution in [0.3, 0.4) is 0 Å². The predicted molar refractivity (Wildman–Crippen MR) is 316 cm³/mol. The van der Waals surface area contributed by atoms with E-state index in [1.54, 1.807) is 0 Å². The fourth-order valence-electron chi connectivity index (χ4n) is 2.58. The van der Waals surface area contributed by atoms with Crippen molar-refractivity contribution in [1.29, 1.82) is 0 Å². The van der Waals surface area contributed by atoms with Crippen LogP contribution in [0.5, 0.6) is 0 Å². The molecule has 0 saturated heterocycles. The first kappa shape index (κ1) is 87.1. The molecule has 0 aromatic rings. The Hall–Kier alpha value is 0. The zero-order valence-corrected chi connectivity index (χ0v) is 53.0. The van der Waals surface area contributed by atoms with Gasteiger partial charge in [-0.2, -0.15) is 0 Å². The third-order valence-electron chi connectivity index (χ3n) is 9.45. The Kier molecular flexibility index (Phi) is 101. The summed E-state index contributed by atoms with van der Waals surface area (Å²) in [6.07, 6.45) is 33.9. The summed E-state index contributed by atoms with van der Waals surface area (Å²) >= 11 is 0. The van der Waals surface area contributed by atoms with E-state index in [2.05, 4.69) is 187 Å². The molecule has 0 radical (unpaired) electrons. The largest absolute Gasteiger partial charge is 0.0683 e. The van der Waals surface area contributed by atoms with Crippen molar-refractivity contribution < 1.29 is 0 Å². The van der Waals surface area contributed by atoms with E-state index in [4.69, 9.17) is 0 Å². The first-order valence-electron chi connectivity index (χ1n) is 29.7. The Morgan fingerprint density at radius 2 is 0.609 bits per heavy atom. The second-order valence-corrected chi connectivity index (χ2v) is 23.0. The molecule has 0 unspecified atom stereocenters. The highest BCUT2D eigenvalue weighted by atomic mass is 14.4. The normalized spacial score (nSPS) is 14.9. The molecule has 0 bridgehead atoms. The number of rotatable bonds is 9. The molecule has 5 rings (SSSR count). The summed E-state index contributed by atoms with van der Waals surface area (Å²) in [5.74, 6) is 6.97. The lowest BCUT2D eigenvalue weighted by Gasteiger charge is -2.18. The van der Waals surface area contributed by atoms with E-state index in [-0.39, 0.29) is 0 Å². The minimum atomic E-state index is 0.500. The molecular formula is C64H148. The van der Waals surface area contributed by atoms with Crippen molar-refractivity contribution in [3.8, 4) is 0 Å². The van der Waals surface area contributed by atoms with Gasteiger partial charge in [-0.15, -0.1) is 0 Å². The van der Waals surface area contributed by atoms with Crippen molar-refractivity contribution in [2.75, 3.05) is 0 Å². The maximum atomic E-state index is 2.31. The minimum absolute atomic E-state index is 0.500. The van der Waals surface area contributed by atoms with Crippen LogP contribution in [-0.4, -0.2) is 0 Å². The van der Waals surface area contributed by atoms with Gasteiger partial charge in [0.05, 0.1) is 0 Å². The van der Waals surface area contributed by atoms with Gasteiger partial charge in [0.25, 0.3) is 0 Å². The van der Waals surface area contributed by atoms with Gasteiger partial charge in [-0.05, 0) is 65.1 Å². The van der Waals surface area contributed by atoms with E-state index in [0.29, 0.717) is 5.41 Å². The zero-order chi connectivity index (χ0) is 53.0. The number of unbranched alkanes of at least 4 members (excludes halogenated alkanes) is 6. The smallest absolute Gasteiger partial charge is 0.0354 e.